The van der Waals surface area contributed by atoms with E-state index in [1.54, 1.807) is 0 Å². The SMILES string of the molecule is CCCCCC(C)(C)OC(C)=O. The van der Waals surface area contributed by atoms with Gasteiger partial charge in [0.15, 0.2) is 0 Å². The van der Waals surface area contributed by atoms with E-state index in [0.29, 0.717) is 0 Å². The van der Waals surface area contributed by atoms with Crippen molar-refractivity contribution in [3.8, 4) is 0 Å². The van der Waals surface area contributed by atoms with Gasteiger partial charge in [-0.25, -0.2) is 0 Å². The molecule has 0 rings (SSSR count). The van der Waals surface area contributed by atoms with Crippen LogP contribution < -0.4 is 0 Å². The van der Waals surface area contributed by atoms with Gasteiger partial charge in [-0.3, -0.25) is 4.79 Å². The third kappa shape index (κ3) is 6.20. The van der Waals surface area contributed by atoms with E-state index in [9.17, 15) is 4.79 Å². The molecule has 0 atom stereocenters. The summed E-state index contributed by atoms with van der Waals surface area (Å²) in [5, 5.41) is 0. The summed E-state index contributed by atoms with van der Waals surface area (Å²) in [5.41, 5.74) is -0.277. The van der Waals surface area contributed by atoms with Crippen LogP contribution in [-0.4, -0.2) is 11.6 Å². The summed E-state index contributed by atoms with van der Waals surface area (Å²) < 4.78 is 5.15. The van der Waals surface area contributed by atoms with Gasteiger partial charge in [0.2, 0.25) is 0 Å². The van der Waals surface area contributed by atoms with Crippen LogP contribution in [0.4, 0.5) is 0 Å². The minimum Gasteiger partial charge on any atom is -0.460 e. The van der Waals surface area contributed by atoms with Gasteiger partial charge in [-0.05, 0) is 26.7 Å². The number of hydrogen-bond donors (Lipinski definition) is 0. The topological polar surface area (TPSA) is 26.3 Å². The van der Waals surface area contributed by atoms with Crippen molar-refractivity contribution in [2.45, 2.75) is 59.0 Å². The Balaban J connectivity index is 3.63. The van der Waals surface area contributed by atoms with Crippen molar-refractivity contribution in [2.75, 3.05) is 0 Å². The van der Waals surface area contributed by atoms with E-state index in [1.165, 1.54) is 19.8 Å². The molecule has 0 amide bonds. The van der Waals surface area contributed by atoms with Crippen LogP contribution in [0.25, 0.3) is 0 Å². The Morgan fingerprint density at radius 2 is 1.92 bits per heavy atom. The number of esters is 1. The Bertz CT molecular complexity index is 139. The lowest BCUT2D eigenvalue weighted by Crippen LogP contribution is -2.26. The lowest BCUT2D eigenvalue weighted by molar-refractivity contribution is -0.154. The van der Waals surface area contributed by atoms with E-state index in [1.807, 2.05) is 13.8 Å². The highest BCUT2D eigenvalue weighted by Crippen LogP contribution is 2.18. The molecule has 0 saturated carbocycles. The van der Waals surface area contributed by atoms with Gasteiger partial charge in [0, 0.05) is 6.92 Å². The second-order valence-electron chi connectivity index (χ2n) is 3.81. The Morgan fingerprint density at radius 3 is 2.33 bits per heavy atom. The summed E-state index contributed by atoms with van der Waals surface area (Å²) in [4.78, 5) is 10.7. The highest BCUT2D eigenvalue weighted by molar-refractivity contribution is 5.66. The molecular weight excluding hydrogens is 152 g/mol. The van der Waals surface area contributed by atoms with Crippen molar-refractivity contribution in [1.82, 2.24) is 0 Å². The van der Waals surface area contributed by atoms with Crippen LogP contribution in [0.2, 0.25) is 0 Å². The first-order chi connectivity index (χ1) is 5.48. The first kappa shape index (κ1) is 11.5. The Morgan fingerprint density at radius 1 is 1.33 bits per heavy atom. The zero-order valence-corrected chi connectivity index (χ0v) is 8.64. The molecule has 0 radical (unpaired) electrons. The van der Waals surface area contributed by atoms with Crippen molar-refractivity contribution in [3.63, 3.8) is 0 Å². The highest BCUT2D eigenvalue weighted by Gasteiger charge is 2.19. The highest BCUT2D eigenvalue weighted by atomic mass is 16.6. The second kappa shape index (κ2) is 5.18. The first-order valence-corrected chi connectivity index (χ1v) is 4.67. The third-order valence-electron chi connectivity index (χ3n) is 1.80. The van der Waals surface area contributed by atoms with Crippen LogP contribution in [0.15, 0.2) is 0 Å². The standard InChI is InChI=1S/C10H20O2/c1-5-6-7-8-10(3,4)12-9(2)11/h5-8H2,1-4H3. The molecule has 0 bridgehead atoms. The quantitative estimate of drug-likeness (QED) is 0.471. The maximum Gasteiger partial charge on any atom is 0.303 e. The summed E-state index contributed by atoms with van der Waals surface area (Å²) >= 11 is 0. The number of carbonyl (C=O) groups excluding carboxylic acids is 1. The fourth-order valence-electron chi connectivity index (χ4n) is 1.24. The van der Waals surface area contributed by atoms with Gasteiger partial charge in [0.1, 0.15) is 5.60 Å². The molecule has 0 aliphatic rings. The van der Waals surface area contributed by atoms with Crippen molar-refractivity contribution in [1.29, 1.82) is 0 Å². The van der Waals surface area contributed by atoms with E-state index in [-0.39, 0.29) is 11.6 Å². The van der Waals surface area contributed by atoms with Crippen LogP contribution in [0, 0.1) is 0 Å². The lowest BCUT2D eigenvalue weighted by atomic mass is 10.0. The third-order valence-corrected chi connectivity index (χ3v) is 1.80. The molecule has 72 valence electrons. The summed E-state index contributed by atoms with van der Waals surface area (Å²) in [5.74, 6) is -0.184. The minimum atomic E-state index is -0.277. The van der Waals surface area contributed by atoms with E-state index >= 15 is 0 Å². The van der Waals surface area contributed by atoms with E-state index in [0.717, 1.165) is 12.8 Å². The molecule has 2 nitrogen and oxygen atoms in total. The predicted octanol–water partition coefficient (Wildman–Crippen LogP) is 2.91. The normalized spacial score (nSPS) is 11.3. The Kier molecular flexibility index (Phi) is 4.95. The molecule has 0 fully saturated rings. The number of rotatable bonds is 5. The average Bonchev–Trinajstić information content (AvgIpc) is 1.84. The van der Waals surface area contributed by atoms with Gasteiger partial charge >= 0.3 is 5.97 Å². The van der Waals surface area contributed by atoms with E-state index < -0.39 is 0 Å². The molecule has 0 spiro atoms. The van der Waals surface area contributed by atoms with E-state index in [2.05, 4.69) is 6.92 Å². The Hall–Kier alpha value is -0.530. The molecule has 2 heteroatoms. The first-order valence-electron chi connectivity index (χ1n) is 4.67. The Labute approximate surface area is 75.3 Å². The van der Waals surface area contributed by atoms with Crippen LogP contribution in [-0.2, 0) is 9.53 Å². The minimum absolute atomic E-state index is 0.184. The number of unbranched alkanes of at least 4 members (excludes halogenated alkanes) is 2. The molecule has 0 aromatic carbocycles. The predicted molar refractivity (Wildman–Crippen MR) is 50.0 cm³/mol. The molecule has 0 N–H and O–H groups in total. The van der Waals surface area contributed by atoms with Gasteiger partial charge < -0.3 is 4.74 Å². The number of hydrogen-bond acceptors (Lipinski definition) is 2. The summed E-state index contributed by atoms with van der Waals surface area (Å²) in [6, 6.07) is 0. The van der Waals surface area contributed by atoms with Crippen molar-refractivity contribution in [2.24, 2.45) is 0 Å². The smallest absolute Gasteiger partial charge is 0.303 e. The summed E-state index contributed by atoms with van der Waals surface area (Å²) in [6.07, 6.45) is 4.51. The van der Waals surface area contributed by atoms with Gasteiger partial charge in [-0.15, -0.1) is 0 Å². The fraction of sp³-hybridized carbons (Fsp3) is 0.900. The largest absolute Gasteiger partial charge is 0.460 e. The van der Waals surface area contributed by atoms with Gasteiger partial charge in [0.05, 0.1) is 0 Å². The molecular formula is C10H20O2. The van der Waals surface area contributed by atoms with Crippen molar-refractivity contribution < 1.29 is 9.53 Å². The summed E-state index contributed by atoms with van der Waals surface area (Å²) in [7, 11) is 0. The van der Waals surface area contributed by atoms with Crippen molar-refractivity contribution >= 4 is 5.97 Å². The van der Waals surface area contributed by atoms with Crippen LogP contribution in [0.3, 0.4) is 0 Å². The zero-order chi connectivity index (χ0) is 9.61. The molecule has 0 aliphatic heterocycles. The molecule has 12 heavy (non-hydrogen) atoms. The maximum atomic E-state index is 10.7. The van der Waals surface area contributed by atoms with Gasteiger partial charge in [-0.1, -0.05) is 19.8 Å². The molecule has 0 heterocycles. The van der Waals surface area contributed by atoms with Gasteiger partial charge in [-0.2, -0.15) is 0 Å². The van der Waals surface area contributed by atoms with Gasteiger partial charge in [0.25, 0.3) is 0 Å². The summed E-state index contributed by atoms with van der Waals surface area (Å²) in [6.45, 7) is 7.55. The van der Waals surface area contributed by atoms with E-state index in [4.69, 9.17) is 4.74 Å². The molecule has 0 unspecified atom stereocenters. The molecule has 0 aromatic rings. The van der Waals surface area contributed by atoms with Crippen LogP contribution in [0.1, 0.15) is 53.4 Å². The second-order valence-corrected chi connectivity index (χ2v) is 3.81. The fourth-order valence-corrected chi connectivity index (χ4v) is 1.24. The zero-order valence-electron chi connectivity index (χ0n) is 8.64. The van der Waals surface area contributed by atoms with Crippen LogP contribution >= 0.6 is 0 Å². The van der Waals surface area contributed by atoms with Crippen molar-refractivity contribution in [3.05, 3.63) is 0 Å². The molecule has 0 aliphatic carbocycles. The number of ether oxygens (including phenoxy) is 1. The molecule has 0 aromatic heterocycles. The van der Waals surface area contributed by atoms with Crippen LogP contribution in [0.5, 0.6) is 0 Å². The monoisotopic (exact) mass is 172 g/mol. The average molecular weight is 172 g/mol. The lowest BCUT2D eigenvalue weighted by Gasteiger charge is -2.24. The maximum absolute atomic E-state index is 10.7. The molecule has 0 saturated heterocycles. The number of carbonyl (C=O) groups is 1.